The lowest BCUT2D eigenvalue weighted by Crippen LogP contribution is -2.37. The monoisotopic (exact) mass is 526 g/mol. The van der Waals surface area contributed by atoms with Crippen molar-refractivity contribution in [3.63, 3.8) is 0 Å². The molecule has 3 N–H and O–H groups in total. The van der Waals surface area contributed by atoms with Gasteiger partial charge in [-0.2, -0.15) is 13.2 Å². The molecule has 13 heteroatoms. The van der Waals surface area contributed by atoms with Gasteiger partial charge in [-0.25, -0.2) is 19.1 Å². The summed E-state index contributed by atoms with van der Waals surface area (Å²) in [5, 5.41) is 18.4. The number of carbonyl (C=O) groups is 2. The minimum atomic E-state index is -4.60. The number of nitrogens with zero attached hydrogens (tertiary/aromatic N) is 4. The quantitative estimate of drug-likeness (QED) is 0.348. The smallest absolute Gasteiger partial charge is 0.433 e. The third-order valence-electron chi connectivity index (χ3n) is 5.88. The molecule has 2 aromatic carbocycles. The predicted molar refractivity (Wildman–Crippen MR) is 132 cm³/mol. The number of hydrogen-bond donors (Lipinski definition) is 3. The number of alkyl halides is 3. The van der Waals surface area contributed by atoms with Gasteiger partial charge in [0.1, 0.15) is 11.2 Å². The number of benzene rings is 2. The molecule has 1 aliphatic rings. The fourth-order valence-corrected chi connectivity index (χ4v) is 4.02. The van der Waals surface area contributed by atoms with Gasteiger partial charge in [0, 0.05) is 30.0 Å². The Kier molecular flexibility index (Phi) is 6.59. The van der Waals surface area contributed by atoms with Crippen LogP contribution in [0.5, 0.6) is 0 Å². The van der Waals surface area contributed by atoms with Crippen LogP contribution in [0, 0.1) is 0 Å². The van der Waals surface area contributed by atoms with Gasteiger partial charge in [0.15, 0.2) is 11.6 Å². The molecule has 0 unspecified atom stereocenters. The second-order valence-corrected chi connectivity index (χ2v) is 8.41. The molecule has 0 aliphatic carbocycles. The average Bonchev–Trinajstić information content (AvgIpc) is 3.34. The fourth-order valence-electron chi connectivity index (χ4n) is 4.02. The first-order chi connectivity index (χ1) is 18.2. The highest BCUT2D eigenvalue weighted by molar-refractivity contribution is 6.00. The van der Waals surface area contributed by atoms with Crippen LogP contribution in [0.4, 0.5) is 35.2 Å². The SMILES string of the molecule is O=C(Nc1ccc(C(=O)O)cc1)Nc1ccc(-c2nc(N3CCOCC3)c3ccc(C(F)(F)F)n3n2)cc1. The van der Waals surface area contributed by atoms with E-state index < -0.39 is 23.9 Å². The lowest BCUT2D eigenvalue weighted by atomic mass is 10.2. The summed E-state index contributed by atoms with van der Waals surface area (Å²) in [5.74, 6) is -0.604. The van der Waals surface area contributed by atoms with E-state index in [4.69, 9.17) is 9.84 Å². The summed E-state index contributed by atoms with van der Waals surface area (Å²) in [7, 11) is 0. The van der Waals surface area contributed by atoms with Crippen LogP contribution in [0.1, 0.15) is 16.1 Å². The lowest BCUT2D eigenvalue weighted by Gasteiger charge is -2.28. The summed E-state index contributed by atoms with van der Waals surface area (Å²) in [5.41, 5.74) is 0.698. The van der Waals surface area contributed by atoms with Gasteiger partial charge < -0.3 is 25.4 Å². The van der Waals surface area contributed by atoms with Crippen LogP contribution in [0.15, 0.2) is 60.7 Å². The van der Waals surface area contributed by atoms with Crippen LogP contribution in [0.2, 0.25) is 0 Å². The number of aromatic carboxylic acids is 1. The van der Waals surface area contributed by atoms with Gasteiger partial charge >= 0.3 is 18.2 Å². The number of aromatic nitrogens is 3. The molecule has 1 fully saturated rings. The first-order valence-corrected chi connectivity index (χ1v) is 11.5. The number of halogens is 3. The van der Waals surface area contributed by atoms with Crippen molar-refractivity contribution in [3.05, 3.63) is 71.9 Å². The largest absolute Gasteiger partial charge is 0.478 e. The second kappa shape index (κ2) is 10.0. The number of anilines is 3. The number of amides is 2. The Hall–Kier alpha value is -4.65. The highest BCUT2D eigenvalue weighted by Crippen LogP contribution is 2.34. The van der Waals surface area contributed by atoms with Crippen molar-refractivity contribution in [2.75, 3.05) is 41.8 Å². The molecule has 0 spiro atoms. The van der Waals surface area contributed by atoms with Crippen LogP contribution in [-0.2, 0) is 10.9 Å². The topological polar surface area (TPSA) is 121 Å². The average molecular weight is 526 g/mol. The highest BCUT2D eigenvalue weighted by atomic mass is 19.4. The molecular formula is C25H21F3N6O4. The second-order valence-electron chi connectivity index (χ2n) is 8.41. The Balaban J connectivity index is 1.39. The van der Waals surface area contributed by atoms with Crippen molar-refractivity contribution in [1.29, 1.82) is 0 Å². The molecule has 2 aromatic heterocycles. The summed E-state index contributed by atoms with van der Waals surface area (Å²) in [6.45, 7) is 1.83. The van der Waals surface area contributed by atoms with Crippen LogP contribution >= 0.6 is 0 Å². The van der Waals surface area contributed by atoms with Crippen molar-refractivity contribution >= 4 is 34.7 Å². The van der Waals surface area contributed by atoms with E-state index in [-0.39, 0.29) is 16.9 Å². The molecule has 0 bridgehead atoms. The first kappa shape index (κ1) is 25.0. The maximum atomic E-state index is 13.7. The Morgan fingerprint density at radius 3 is 2.08 bits per heavy atom. The van der Waals surface area contributed by atoms with Gasteiger partial charge in [-0.1, -0.05) is 0 Å². The lowest BCUT2D eigenvalue weighted by molar-refractivity contribution is -0.142. The van der Waals surface area contributed by atoms with E-state index in [1.54, 1.807) is 24.3 Å². The minimum Gasteiger partial charge on any atom is -0.478 e. The Morgan fingerprint density at radius 2 is 1.50 bits per heavy atom. The number of urea groups is 1. The third kappa shape index (κ3) is 5.22. The Bertz CT molecular complexity index is 1480. The van der Waals surface area contributed by atoms with Gasteiger partial charge in [0.05, 0.1) is 18.8 Å². The molecular weight excluding hydrogens is 505 g/mol. The van der Waals surface area contributed by atoms with Crippen molar-refractivity contribution < 1.29 is 32.6 Å². The van der Waals surface area contributed by atoms with Gasteiger partial charge in [0.2, 0.25) is 0 Å². The van der Waals surface area contributed by atoms with Crippen molar-refractivity contribution in [2.24, 2.45) is 0 Å². The zero-order valence-electron chi connectivity index (χ0n) is 19.7. The number of carbonyl (C=O) groups excluding carboxylic acids is 1. The summed E-state index contributed by atoms with van der Waals surface area (Å²) >= 11 is 0. The zero-order valence-corrected chi connectivity index (χ0v) is 19.7. The molecule has 0 saturated carbocycles. The molecule has 10 nitrogen and oxygen atoms in total. The van der Waals surface area contributed by atoms with E-state index in [2.05, 4.69) is 20.7 Å². The summed E-state index contributed by atoms with van der Waals surface area (Å²) in [4.78, 5) is 29.7. The highest BCUT2D eigenvalue weighted by Gasteiger charge is 2.35. The molecule has 1 aliphatic heterocycles. The molecule has 196 valence electrons. The van der Waals surface area contributed by atoms with E-state index in [9.17, 15) is 22.8 Å². The molecule has 3 heterocycles. The Labute approximate surface area is 213 Å². The van der Waals surface area contributed by atoms with Crippen LogP contribution < -0.4 is 15.5 Å². The molecule has 38 heavy (non-hydrogen) atoms. The number of fused-ring (bicyclic) bond motifs is 1. The zero-order chi connectivity index (χ0) is 26.9. The number of rotatable bonds is 5. The van der Waals surface area contributed by atoms with Gasteiger partial charge in [-0.05, 0) is 60.7 Å². The van der Waals surface area contributed by atoms with Gasteiger partial charge in [0.25, 0.3) is 0 Å². The number of carboxylic acid groups (broad SMARTS) is 1. The molecule has 0 radical (unpaired) electrons. The van der Waals surface area contributed by atoms with Gasteiger partial charge in [-0.15, -0.1) is 5.10 Å². The fraction of sp³-hybridized carbons (Fsp3) is 0.200. The van der Waals surface area contributed by atoms with Crippen molar-refractivity contribution in [3.8, 4) is 11.4 Å². The molecule has 0 atom stereocenters. The molecule has 4 aromatic rings. The van der Waals surface area contributed by atoms with E-state index in [1.807, 2.05) is 4.90 Å². The minimum absolute atomic E-state index is 0.0889. The summed E-state index contributed by atoms with van der Waals surface area (Å²) in [6, 6.07) is 13.8. The number of ether oxygens (including phenoxy) is 1. The maximum Gasteiger partial charge on any atom is 0.433 e. The van der Waals surface area contributed by atoms with E-state index in [0.717, 1.165) is 10.6 Å². The molecule has 2 amide bonds. The number of hydrogen-bond acceptors (Lipinski definition) is 6. The number of carboxylic acids is 1. The van der Waals surface area contributed by atoms with Crippen LogP contribution in [0.3, 0.4) is 0 Å². The number of nitrogens with one attached hydrogen (secondary N) is 2. The summed E-state index contributed by atoms with van der Waals surface area (Å²) < 4.78 is 47.2. The van der Waals surface area contributed by atoms with Crippen molar-refractivity contribution in [2.45, 2.75) is 6.18 Å². The normalized spacial score (nSPS) is 13.9. The summed E-state index contributed by atoms with van der Waals surface area (Å²) in [6.07, 6.45) is -4.60. The first-order valence-electron chi connectivity index (χ1n) is 11.5. The van der Waals surface area contributed by atoms with E-state index in [1.165, 1.54) is 30.3 Å². The standard InChI is InChI=1S/C25H21F3N6O4/c26-25(27,28)20-10-9-19-22(33-11-13-38-14-12-33)31-21(32-34(19)20)15-1-5-17(6-2-15)29-24(37)30-18-7-3-16(4-8-18)23(35)36/h1-10H,11-14H2,(H,35,36)(H2,29,30,37). The van der Waals surface area contributed by atoms with Crippen LogP contribution in [0.25, 0.3) is 16.9 Å². The van der Waals surface area contributed by atoms with E-state index >= 15 is 0 Å². The third-order valence-corrected chi connectivity index (χ3v) is 5.88. The molecule has 1 saturated heterocycles. The van der Waals surface area contributed by atoms with Gasteiger partial charge in [-0.3, -0.25) is 0 Å². The van der Waals surface area contributed by atoms with Crippen LogP contribution in [-0.4, -0.2) is 58.0 Å². The maximum absolute atomic E-state index is 13.7. The predicted octanol–water partition coefficient (Wildman–Crippen LogP) is 4.59. The number of morpholine rings is 1. The Morgan fingerprint density at radius 1 is 0.895 bits per heavy atom. The molecule has 5 rings (SSSR count). The van der Waals surface area contributed by atoms with Crippen molar-refractivity contribution in [1.82, 2.24) is 14.6 Å². The van der Waals surface area contributed by atoms with E-state index in [0.29, 0.717) is 49.1 Å².